The van der Waals surface area contributed by atoms with E-state index in [-0.39, 0.29) is 23.9 Å². The topological polar surface area (TPSA) is 41.1 Å². The van der Waals surface area contributed by atoms with Gasteiger partial charge < -0.3 is 10.6 Å². The number of carbonyl (C=O) groups excluding carboxylic acids is 1. The molecule has 3 nitrogen and oxygen atoms in total. The second kappa shape index (κ2) is 5.93. The lowest BCUT2D eigenvalue weighted by molar-refractivity contribution is 0.247. The van der Waals surface area contributed by atoms with E-state index in [4.69, 9.17) is 0 Å². The highest BCUT2D eigenvalue weighted by Gasteiger charge is 2.38. The SMILES string of the molecule is Cc1cccc(-c2ccccc2F)c1C1CCC2NC(=O)NC2C1. The Hall–Kier alpha value is -2.36. The summed E-state index contributed by atoms with van der Waals surface area (Å²) in [5.74, 6) is 0.149. The highest BCUT2D eigenvalue weighted by Crippen LogP contribution is 2.41. The van der Waals surface area contributed by atoms with Gasteiger partial charge in [-0.2, -0.15) is 0 Å². The number of amides is 2. The van der Waals surface area contributed by atoms with Gasteiger partial charge in [-0.05, 0) is 54.9 Å². The third-order valence-electron chi connectivity index (χ3n) is 5.38. The average molecular weight is 324 g/mol. The van der Waals surface area contributed by atoms with E-state index in [0.29, 0.717) is 11.5 Å². The summed E-state index contributed by atoms with van der Waals surface area (Å²) in [6.07, 6.45) is 2.87. The van der Waals surface area contributed by atoms with Crippen LogP contribution in [0.25, 0.3) is 11.1 Å². The maximum atomic E-state index is 14.4. The first-order valence-electron chi connectivity index (χ1n) is 8.55. The van der Waals surface area contributed by atoms with Gasteiger partial charge in [-0.1, -0.05) is 36.4 Å². The highest BCUT2D eigenvalue weighted by molar-refractivity contribution is 5.77. The van der Waals surface area contributed by atoms with E-state index < -0.39 is 0 Å². The van der Waals surface area contributed by atoms with Crippen LogP contribution < -0.4 is 10.6 Å². The van der Waals surface area contributed by atoms with Gasteiger partial charge in [-0.25, -0.2) is 9.18 Å². The minimum Gasteiger partial charge on any atom is -0.333 e. The van der Waals surface area contributed by atoms with Crippen molar-refractivity contribution in [3.8, 4) is 11.1 Å². The van der Waals surface area contributed by atoms with Crippen molar-refractivity contribution in [2.24, 2.45) is 0 Å². The van der Waals surface area contributed by atoms with Crippen molar-refractivity contribution in [2.75, 3.05) is 0 Å². The van der Waals surface area contributed by atoms with Crippen LogP contribution in [0.15, 0.2) is 42.5 Å². The summed E-state index contributed by atoms with van der Waals surface area (Å²) in [6, 6.07) is 13.4. The predicted octanol–water partition coefficient (Wildman–Crippen LogP) is 4.12. The van der Waals surface area contributed by atoms with Crippen LogP contribution in [0.1, 0.15) is 36.3 Å². The Morgan fingerprint density at radius 3 is 2.54 bits per heavy atom. The van der Waals surface area contributed by atoms with Crippen molar-refractivity contribution in [2.45, 2.75) is 44.2 Å². The maximum Gasteiger partial charge on any atom is 0.315 e. The number of halogens is 1. The monoisotopic (exact) mass is 324 g/mol. The van der Waals surface area contributed by atoms with Gasteiger partial charge in [-0.15, -0.1) is 0 Å². The Morgan fingerprint density at radius 1 is 0.958 bits per heavy atom. The average Bonchev–Trinajstić information content (AvgIpc) is 2.94. The molecular weight excluding hydrogens is 303 g/mol. The molecule has 124 valence electrons. The van der Waals surface area contributed by atoms with Crippen LogP contribution >= 0.6 is 0 Å². The Morgan fingerprint density at radius 2 is 1.71 bits per heavy atom. The van der Waals surface area contributed by atoms with Crippen LogP contribution in [0.3, 0.4) is 0 Å². The summed E-state index contributed by atoms with van der Waals surface area (Å²) in [7, 11) is 0. The Bertz CT molecular complexity index is 789. The zero-order valence-corrected chi connectivity index (χ0v) is 13.7. The van der Waals surface area contributed by atoms with Gasteiger partial charge in [0.05, 0.1) is 12.1 Å². The van der Waals surface area contributed by atoms with Gasteiger partial charge in [-0.3, -0.25) is 0 Å². The molecule has 4 rings (SSSR count). The molecule has 4 heteroatoms. The third-order valence-corrected chi connectivity index (χ3v) is 5.38. The van der Waals surface area contributed by atoms with E-state index in [2.05, 4.69) is 23.6 Å². The number of rotatable bonds is 2. The normalized spacial score (nSPS) is 25.8. The number of urea groups is 1. The molecule has 2 N–H and O–H groups in total. The molecule has 2 aromatic rings. The molecular formula is C20H21FN2O. The van der Waals surface area contributed by atoms with Crippen molar-refractivity contribution in [1.82, 2.24) is 10.6 Å². The zero-order valence-electron chi connectivity index (χ0n) is 13.7. The minimum absolute atomic E-state index is 0.0650. The molecule has 3 atom stereocenters. The fourth-order valence-corrected chi connectivity index (χ4v) is 4.28. The molecule has 2 aromatic carbocycles. The van der Waals surface area contributed by atoms with E-state index in [1.165, 1.54) is 17.2 Å². The van der Waals surface area contributed by atoms with Crippen molar-refractivity contribution in [3.05, 3.63) is 59.4 Å². The van der Waals surface area contributed by atoms with Crippen LogP contribution in [-0.2, 0) is 0 Å². The molecule has 1 aliphatic carbocycles. The summed E-state index contributed by atoms with van der Waals surface area (Å²) in [4.78, 5) is 11.6. The fraction of sp³-hybridized carbons (Fsp3) is 0.350. The molecule has 2 fully saturated rings. The summed E-state index contributed by atoms with van der Waals surface area (Å²) < 4.78 is 14.4. The number of benzene rings is 2. The molecule has 24 heavy (non-hydrogen) atoms. The lowest BCUT2D eigenvalue weighted by atomic mass is 9.75. The van der Waals surface area contributed by atoms with E-state index in [1.54, 1.807) is 6.07 Å². The first kappa shape index (κ1) is 15.2. The summed E-state index contributed by atoms with van der Waals surface area (Å²) in [6.45, 7) is 2.09. The largest absolute Gasteiger partial charge is 0.333 e. The van der Waals surface area contributed by atoms with Gasteiger partial charge in [0.2, 0.25) is 0 Å². The van der Waals surface area contributed by atoms with Crippen molar-refractivity contribution in [3.63, 3.8) is 0 Å². The van der Waals surface area contributed by atoms with Crippen LogP contribution in [0, 0.1) is 12.7 Å². The fourth-order valence-electron chi connectivity index (χ4n) is 4.28. The van der Waals surface area contributed by atoms with Gasteiger partial charge in [0.15, 0.2) is 0 Å². The second-order valence-electron chi connectivity index (χ2n) is 6.86. The van der Waals surface area contributed by atoms with E-state index >= 15 is 0 Å². The molecule has 1 heterocycles. The van der Waals surface area contributed by atoms with Crippen molar-refractivity contribution in [1.29, 1.82) is 0 Å². The number of hydrogen-bond donors (Lipinski definition) is 2. The standard InChI is InChI=1S/C20H21FN2O/c1-12-5-4-7-15(14-6-2-3-8-16(14)21)19(12)13-9-10-17-18(11-13)23-20(24)22-17/h2-8,13,17-18H,9-11H2,1H3,(H2,22,23,24). The zero-order chi connectivity index (χ0) is 16.7. The Balaban J connectivity index is 1.73. The lowest BCUT2D eigenvalue weighted by Gasteiger charge is -2.33. The Labute approximate surface area is 141 Å². The molecule has 0 radical (unpaired) electrons. The number of hydrogen-bond acceptors (Lipinski definition) is 1. The molecule has 0 bridgehead atoms. The van der Waals surface area contributed by atoms with Gasteiger partial charge in [0, 0.05) is 5.56 Å². The first-order chi connectivity index (χ1) is 11.6. The lowest BCUT2D eigenvalue weighted by Crippen LogP contribution is -2.39. The highest BCUT2D eigenvalue weighted by atomic mass is 19.1. The Kier molecular flexibility index (Phi) is 3.75. The molecule has 3 unspecified atom stereocenters. The van der Waals surface area contributed by atoms with Gasteiger partial charge in [0.1, 0.15) is 5.82 Å². The van der Waals surface area contributed by atoms with E-state index in [0.717, 1.165) is 24.8 Å². The molecule has 0 aromatic heterocycles. The van der Waals surface area contributed by atoms with E-state index in [1.807, 2.05) is 24.3 Å². The molecule has 1 saturated heterocycles. The molecule has 2 amide bonds. The van der Waals surface area contributed by atoms with Crippen LogP contribution in [0.4, 0.5) is 9.18 Å². The van der Waals surface area contributed by atoms with E-state index in [9.17, 15) is 9.18 Å². The van der Waals surface area contributed by atoms with Gasteiger partial charge >= 0.3 is 6.03 Å². The summed E-state index contributed by atoms with van der Waals surface area (Å²) in [5, 5.41) is 6.01. The van der Waals surface area contributed by atoms with Crippen LogP contribution in [0.2, 0.25) is 0 Å². The quantitative estimate of drug-likeness (QED) is 0.857. The third kappa shape index (κ3) is 2.56. The second-order valence-corrected chi connectivity index (χ2v) is 6.86. The molecule has 1 saturated carbocycles. The summed E-state index contributed by atoms with van der Waals surface area (Å²) >= 11 is 0. The smallest absolute Gasteiger partial charge is 0.315 e. The van der Waals surface area contributed by atoms with Crippen molar-refractivity contribution >= 4 is 6.03 Å². The minimum atomic E-state index is -0.186. The number of aryl methyl sites for hydroxylation is 1. The maximum absolute atomic E-state index is 14.4. The van der Waals surface area contributed by atoms with Crippen LogP contribution in [-0.4, -0.2) is 18.1 Å². The molecule has 0 spiro atoms. The van der Waals surface area contributed by atoms with Crippen LogP contribution in [0.5, 0.6) is 0 Å². The van der Waals surface area contributed by atoms with Gasteiger partial charge in [0.25, 0.3) is 0 Å². The number of fused-ring (bicyclic) bond motifs is 1. The van der Waals surface area contributed by atoms with Crippen molar-refractivity contribution < 1.29 is 9.18 Å². The number of carbonyl (C=O) groups is 1. The first-order valence-corrected chi connectivity index (χ1v) is 8.55. The molecule has 2 aliphatic rings. The number of nitrogens with one attached hydrogen (secondary N) is 2. The molecule has 1 aliphatic heterocycles. The predicted molar refractivity (Wildman–Crippen MR) is 92.4 cm³/mol. The summed E-state index contributed by atoms with van der Waals surface area (Å²) in [5.41, 5.74) is 4.06.